The fourth-order valence-electron chi connectivity index (χ4n) is 3.91. The van der Waals surface area contributed by atoms with Gasteiger partial charge in [0, 0.05) is 45.3 Å². The van der Waals surface area contributed by atoms with Gasteiger partial charge in [-0.05, 0) is 19.4 Å². The van der Waals surface area contributed by atoms with Crippen LogP contribution in [-0.4, -0.2) is 94.0 Å². The molecule has 2 saturated heterocycles. The normalized spacial score (nSPS) is 21.5. The Morgan fingerprint density at radius 1 is 0.966 bits per heavy atom. The molecule has 2 heterocycles. The number of hydrogen-bond acceptors (Lipinski definition) is 5. The van der Waals surface area contributed by atoms with Gasteiger partial charge < -0.3 is 20.1 Å². The number of nitrogens with one attached hydrogen (secondary N) is 2. The molecule has 0 aromatic heterocycles. The van der Waals surface area contributed by atoms with Gasteiger partial charge in [-0.3, -0.25) is 14.8 Å². The van der Waals surface area contributed by atoms with Crippen LogP contribution in [-0.2, 0) is 9.47 Å². The average Bonchev–Trinajstić information content (AvgIpc) is 2.79. The first-order chi connectivity index (χ1) is 14.3. The van der Waals surface area contributed by atoms with Crippen molar-refractivity contribution in [2.75, 3.05) is 72.2 Å². The molecule has 2 atom stereocenters. The Morgan fingerprint density at radius 3 is 2.21 bits per heavy atom. The first kappa shape index (κ1) is 22.0. The largest absolute Gasteiger partial charge is 0.379 e. The predicted molar refractivity (Wildman–Crippen MR) is 117 cm³/mol. The van der Waals surface area contributed by atoms with Crippen LogP contribution in [0.15, 0.2) is 35.3 Å². The highest BCUT2D eigenvalue weighted by molar-refractivity contribution is 5.79. The summed E-state index contributed by atoms with van der Waals surface area (Å²) in [6, 6.07) is 11.5. The highest BCUT2D eigenvalue weighted by atomic mass is 16.5. The Balaban J connectivity index is 1.61. The van der Waals surface area contributed by atoms with Crippen LogP contribution in [0.3, 0.4) is 0 Å². The molecular weight excluding hydrogens is 366 g/mol. The first-order valence-corrected chi connectivity index (χ1v) is 11.0. The smallest absolute Gasteiger partial charge is 0.191 e. The number of nitrogens with zero attached hydrogens (tertiary/aromatic N) is 3. The van der Waals surface area contributed by atoms with Crippen LogP contribution in [0.2, 0.25) is 0 Å². The van der Waals surface area contributed by atoms with Gasteiger partial charge in [0.05, 0.1) is 39.0 Å². The molecule has 2 aliphatic heterocycles. The summed E-state index contributed by atoms with van der Waals surface area (Å²) < 4.78 is 11.0. The van der Waals surface area contributed by atoms with Crippen molar-refractivity contribution >= 4 is 5.96 Å². The molecule has 162 valence electrons. The lowest BCUT2D eigenvalue weighted by atomic mass is 10.0. The molecule has 0 saturated carbocycles. The lowest BCUT2D eigenvalue weighted by molar-refractivity contribution is 0.0169. The SMILES string of the molecule is CCNC(=NCC(C)N1CCOCC1)NCC(c1ccccc1)N1CCOCC1. The fourth-order valence-corrected chi connectivity index (χ4v) is 3.91. The number of benzene rings is 1. The van der Waals surface area contributed by atoms with Gasteiger partial charge >= 0.3 is 0 Å². The first-order valence-electron chi connectivity index (χ1n) is 11.0. The Morgan fingerprint density at radius 2 is 1.59 bits per heavy atom. The van der Waals surface area contributed by atoms with Crippen LogP contribution in [0.1, 0.15) is 25.5 Å². The van der Waals surface area contributed by atoms with Gasteiger partial charge in [-0.2, -0.15) is 0 Å². The molecule has 0 bridgehead atoms. The number of ether oxygens (including phenoxy) is 2. The van der Waals surface area contributed by atoms with Crippen LogP contribution in [0.25, 0.3) is 0 Å². The Labute approximate surface area is 175 Å². The standard InChI is InChI=1S/C22H37N5O2/c1-3-23-22(24-17-19(2)26-9-13-28-14-10-26)25-18-21(20-7-5-4-6-8-20)27-11-15-29-16-12-27/h4-8,19,21H,3,9-18H2,1-2H3,(H2,23,24,25). The van der Waals surface area contributed by atoms with Gasteiger partial charge in [0.15, 0.2) is 5.96 Å². The molecule has 7 nitrogen and oxygen atoms in total. The fraction of sp³-hybridized carbons (Fsp3) is 0.682. The molecule has 0 radical (unpaired) electrons. The molecule has 0 spiro atoms. The molecule has 0 amide bonds. The third-order valence-electron chi connectivity index (χ3n) is 5.66. The maximum Gasteiger partial charge on any atom is 0.191 e. The van der Waals surface area contributed by atoms with E-state index in [0.717, 1.165) is 78.2 Å². The molecule has 2 fully saturated rings. The number of guanidine groups is 1. The summed E-state index contributed by atoms with van der Waals surface area (Å²) >= 11 is 0. The van der Waals surface area contributed by atoms with Crippen molar-refractivity contribution in [1.82, 2.24) is 20.4 Å². The van der Waals surface area contributed by atoms with E-state index >= 15 is 0 Å². The molecule has 1 aromatic rings. The Hall–Kier alpha value is -1.67. The van der Waals surface area contributed by atoms with Crippen molar-refractivity contribution in [3.05, 3.63) is 35.9 Å². The molecule has 0 aliphatic carbocycles. The molecule has 2 N–H and O–H groups in total. The summed E-state index contributed by atoms with van der Waals surface area (Å²) in [7, 11) is 0. The van der Waals surface area contributed by atoms with E-state index in [-0.39, 0.29) is 0 Å². The van der Waals surface area contributed by atoms with Crippen molar-refractivity contribution in [3.63, 3.8) is 0 Å². The zero-order valence-electron chi connectivity index (χ0n) is 18.0. The van der Waals surface area contributed by atoms with Crippen LogP contribution in [0, 0.1) is 0 Å². The van der Waals surface area contributed by atoms with Crippen LogP contribution < -0.4 is 10.6 Å². The Bertz CT molecular complexity index is 600. The molecule has 7 heteroatoms. The summed E-state index contributed by atoms with van der Waals surface area (Å²) in [5.41, 5.74) is 1.33. The second kappa shape index (κ2) is 12.1. The average molecular weight is 404 g/mol. The summed E-state index contributed by atoms with van der Waals surface area (Å²) in [5, 5.41) is 6.99. The van der Waals surface area contributed by atoms with Crippen molar-refractivity contribution in [2.45, 2.75) is 25.9 Å². The van der Waals surface area contributed by atoms with Gasteiger partial charge in [0.2, 0.25) is 0 Å². The van der Waals surface area contributed by atoms with Crippen molar-refractivity contribution < 1.29 is 9.47 Å². The van der Waals surface area contributed by atoms with E-state index in [4.69, 9.17) is 14.5 Å². The number of aliphatic imine (C=N–C) groups is 1. The zero-order chi connectivity index (χ0) is 20.3. The molecule has 1 aromatic carbocycles. The lowest BCUT2D eigenvalue weighted by Crippen LogP contribution is -2.47. The van der Waals surface area contributed by atoms with Crippen LogP contribution in [0.4, 0.5) is 0 Å². The zero-order valence-corrected chi connectivity index (χ0v) is 18.0. The summed E-state index contributed by atoms with van der Waals surface area (Å²) in [5.74, 6) is 0.891. The van der Waals surface area contributed by atoms with Crippen LogP contribution >= 0.6 is 0 Å². The molecule has 2 aliphatic rings. The summed E-state index contributed by atoms with van der Waals surface area (Å²) in [4.78, 5) is 9.83. The van der Waals surface area contributed by atoms with Gasteiger partial charge in [-0.25, -0.2) is 0 Å². The highest BCUT2D eigenvalue weighted by Gasteiger charge is 2.23. The monoisotopic (exact) mass is 403 g/mol. The quantitative estimate of drug-likeness (QED) is 0.505. The predicted octanol–water partition coefficient (Wildman–Crippen LogP) is 1.34. The van der Waals surface area contributed by atoms with Gasteiger partial charge in [-0.15, -0.1) is 0 Å². The van der Waals surface area contributed by atoms with E-state index in [1.807, 2.05) is 0 Å². The summed E-state index contributed by atoms with van der Waals surface area (Å²) in [6.07, 6.45) is 0. The minimum absolute atomic E-state index is 0.306. The van der Waals surface area contributed by atoms with Crippen molar-refractivity contribution in [2.24, 2.45) is 4.99 Å². The molecule has 2 unspecified atom stereocenters. The molecule has 3 rings (SSSR count). The third kappa shape index (κ3) is 6.96. The second-order valence-electron chi connectivity index (χ2n) is 7.67. The minimum Gasteiger partial charge on any atom is -0.379 e. The second-order valence-corrected chi connectivity index (χ2v) is 7.67. The van der Waals surface area contributed by atoms with E-state index in [0.29, 0.717) is 12.1 Å². The van der Waals surface area contributed by atoms with E-state index in [1.54, 1.807) is 0 Å². The summed E-state index contributed by atoms with van der Waals surface area (Å²) in [6.45, 7) is 14.0. The van der Waals surface area contributed by atoms with Crippen LogP contribution in [0.5, 0.6) is 0 Å². The van der Waals surface area contributed by atoms with Crippen molar-refractivity contribution in [1.29, 1.82) is 0 Å². The number of morpholine rings is 2. The molecular formula is C22H37N5O2. The highest BCUT2D eigenvalue weighted by Crippen LogP contribution is 2.21. The topological polar surface area (TPSA) is 61.4 Å². The number of hydrogen-bond donors (Lipinski definition) is 2. The van der Waals surface area contributed by atoms with Crippen molar-refractivity contribution in [3.8, 4) is 0 Å². The Kier molecular flexibility index (Phi) is 9.21. The van der Waals surface area contributed by atoms with Gasteiger partial charge in [0.1, 0.15) is 0 Å². The molecule has 29 heavy (non-hydrogen) atoms. The maximum atomic E-state index is 5.56. The third-order valence-corrected chi connectivity index (χ3v) is 5.66. The van der Waals surface area contributed by atoms with E-state index in [9.17, 15) is 0 Å². The maximum absolute atomic E-state index is 5.56. The lowest BCUT2D eigenvalue weighted by Gasteiger charge is -2.35. The number of rotatable bonds is 8. The van der Waals surface area contributed by atoms with Gasteiger partial charge in [0.25, 0.3) is 0 Å². The van der Waals surface area contributed by atoms with E-state index < -0.39 is 0 Å². The van der Waals surface area contributed by atoms with E-state index in [1.165, 1.54) is 5.56 Å². The van der Waals surface area contributed by atoms with Gasteiger partial charge in [-0.1, -0.05) is 30.3 Å². The minimum atomic E-state index is 0.306. The van der Waals surface area contributed by atoms with E-state index in [2.05, 4.69) is 64.6 Å².